The molecule has 0 spiro atoms. The van der Waals surface area contributed by atoms with E-state index >= 15 is 0 Å². The summed E-state index contributed by atoms with van der Waals surface area (Å²) in [5.74, 6) is 0.576. The fourth-order valence-corrected chi connectivity index (χ4v) is 0.978. The van der Waals surface area contributed by atoms with E-state index in [9.17, 15) is 5.11 Å². The third-order valence-electron chi connectivity index (χ3n) is 1.55. The zero-order valence-electron chi connectivity index (χ0n) is 4.93. The van der Waals surface area contributed by atoms with Crippen molar-refractivity contribution in [2.24, 2.45) is 5.92 Å². The molecule has 0 aliphatic carbocycles. The molecular weight excluding hydrogens is 104 g/mol. The molecule has 1 saturated heterocycles. The van der Waals surface area contributed by atoms with Crippen molar-refractivity contribution in [2.45, 2.75) is 12.8 Å². The summed E-state index contributed by atoms with van der Waals surface area (Å²) in [5.41, 5.74) is 0. The highest BCUT2D eigenvalue weighted by Gasteiger charge is 2.13. The minimum absolute atomic E-state index is 0.0635. The Balaban J connectivity index is 2.06. The molecule has 1 aliphatic heterocycles. The van der Waals surface area contributed by atoms with Crippen LogP contribution in [0.25, 0.3) is 0 Å². The van der Waals surface area contributed by atoms with E-state index < -0.39 is 0 Å². The van der Waals surface area contributed by atoms with Gasteiger partial charge in [-0.1, -0.05) is 0 Å². The molecule has 0 bridgehead atoms. The quantitative estimate of drug-likeness (QED) is 0.524. The molecule has 47 valence electrons. The lowest BCUT2D eigenvalue weighted by atomic mass is 10.1. The van der Waals surface area contributed by atoms with E-state index in [-0.39, 0.29) is 6.61 Å². The topological polar surface area (TPSA) is 29.1 Å². The molecule has 1 fully saturated rings. The van der Waals surface area contributed by atoms with Gasteiger partial charge < -0.3 is 4.74 Å². The Hall–Kier alpha value is -0.0800. The van der Waals surface area contributed by atoms with Crippen LogP contribution >= 0.6 is 0 Å². The largest absolute Gasteiger partial charge is 0.381 e. The molecule has 0 saturated carbocycles. The van der Waals surface area contributed by atoms with Crippen molar-refractivity contribution in [2.75, 3.05) is 19.8 Å². The van der Waals surface area contributed by atoms with Crippen LogP contribution in [0, 0.1) is 5.92 Å². The van der Waals surface area contributed by atoms with Crippen LogP contribution in [0.3, 0.4) is 0 Å². The third kappa shape index (κ3) is 1.46. The van der Waals surface area contributed by atoms with Gasteiger partial charge in [0.15, 0.2) is 0 Å². The molecule has 0 aromatic carbocycles. The SMILES string of the molecule is [O]CCC1CCOC1. The third-order valence-corrected chi connectivity index (χ3v) is 1.55. The normalized spacial score (nSPS) is 28.9. The Morgan fingerprint density at radius 3 is 3.00 bits per heavy atom. The number of hydrogen-bond donors (Lipinski definition) is 0. The lowest BCUT2D eigenvalue weighted by Gasteiger charge is -1.99. The molecule has 1 atom stereocenters. The smallest absolute Gasteiger partial charge is 0.0825 e. The zero-order chi connectivity index (χ0) is 5.82. The Bertz CT molecular complexity index is 57.5. The molecule has 0 N–H and O–H groups in total. The van der Waals surface area contributed by atoms with Crippen molar-refractivity contribution >= 4 is 0 Å². The minimum atomic E-state index is 0.0635. The predicted octanol–water partition coefficient (Wildman–Crippen LogP) is 0.844. The van der Waals surface area contributed by atoms with E-state index in [4.69, 9.17) is 4.74 Å². The minimum Gasteiger partial charge on any atom is -0.381 e. The van der Waals surface area contributed by atoms with Gasteiger partial charge in [0.25, 0.3) is 0 Å². The Morgan fingerprint density at radius 2 is 2.50 bits per heavy atom. The van der Waals surface area contributed by atoms with Crippen molar-refractivity contribution < 1.29 is 9.84 Å². The summed E-state index contributed by atoms with van der Waals surface area (Å²) < 4.78 is 5.07. The fourth-order valence-electron chi connectivity index (χ4n) is 0.978. The second kappa shape index (κ2) is 3.05. The summed E-state index contributed by atoms with van der Waals surface area (Å²) in [4.78, 5) is 0. The summed E-state index contributed by atoms with van der Waals surface area (Å²) in [6, 6.07) is 0. The van der Waals surface area contributed by atoms with Crippen LogP contribution < -0.4 is 0 Å². The molecule has 0 aromatic rings. The summed E-state index contributed by atoms with van der Waals surface area (Å²) in [7, 11) is 0. The highest BCUT2D eigenvalue weighted by molar-refractivity contribution is 4.62. The van der Waals surface area contributed by atoms with Gasteiger partial charge in [-0.05, 0) is 18.8 Å². The molecule has 0 aromatic heterocycles. The van der Waals surface area contributed by atoms with Gasteiger partial charge >= 0.3 is 0 Å². The summed E-state index contributed by atoms with van der Waals surface area (Å²) in [5, 5.41) is 10.0. The first-order chi connectivity index (χ1) is 3.93. The molecule has 1 radical (unpaired) electrons. The Kier molecular flexibility index (Phi) is 2.30. The maximum absolute atomic E-state index is 10.0. The standard InChI is InChI=1S/C6H11O2/c7-3-1-6-2-4-8-5-6/h6H,1-5H2. The molecular formula is C6H11O2. The average molecular weight is 115 g/mol. The summed E-state index contributed by atoms with van der Waals surface area (Å²) in [6.07, 6.45) is 1.90. The molecule has 0 amide bonds. The first-order valence-electron chi connectivity index (χ1n) is 3.09. The van der Waals surface area contributed by atoms with Crippen molar-refractivity contribution in [1.29, 1.82) is 0 Å². The summed E-state index contributed by atoms with van der Waals surface area (Å²) in [6.45, 7) is 1.75. The maximum Gasteiger partial charge on any atom is 0.0825 e. The van der Waals surface area contributed by atoms with Crippen LogP contribution in [0.4, 0.5) is 0 Å². The van der Waals surface area contributed by atoms with Gasteiger partial charge in [-0.15, -0.1) is 0 Å². The van der Waals surface area contributed by atoms with E-state index in [0.29, 0.717) is 5.92 Å². The van der Waals surface area contributed by atoms with Gasteiger partial charge in [-0.25, -0.2) is 5.11 Å². The van der Waals surface area contributed by atoms with Crippen LogP contribution in [-0.2, 0) is 9.84 Å². The van der Waals surface area contributed by atoms with Gasteiger partial charge in [0.1, 0.15) is 0 Å². The summed E-state index contributed by atoms with van der Waals surface area (Å²) >= 11 is 0. The number of hydrogen-bond acceptors (Lipinski definition) is 1. The predicted molar refractivity (Wildman–Crippen MR) is 29.1 cm³/mol. The highest BCUT2D eigenvalue weighted by atomic mass is 16.5. The maximum atomic E-state index is 10.0. The van der Waals surface area contributed by atoms with Crippen molar-refractivity contribution in [3.8, 4) is 0 Å². The van der Waals surface area contributed by atoms with Crippen LogP contribution in [0.2, 0.25) is 0 Å². The van der Waals surface area contributed by atoms with Gasteiger partial charge in [0.2, 0.25) is 0 Å². The number of ether oxygens (including phenoxy) is 1. The van der Waals surface area contributed by atoms with Crippen LogP contribution in [0.15, 0.2) is 0 Å². The molecule has 1 heterocycles. The van der Waals surface area contributed by atoms with Gasteiger partial charge in [-0.3, -0.25) is 0 Å². The zero-order valence-corrected chi connectivity index (χ0v) is 4.93. The van der Waals surface area contributed by atoms with E-state index in [2.05, 4.69) is 0 Å². The lowest BCUT2D eigenvalue weighted by Crippen LogP contribution is -2.00. The lowest BCUT2D eigenvalue weighted by molar-refractivity contribution is 0.150. The van der Waals surface area contributed by atoms with Crippen molar-refractivity contribution in [3.05, 3.63) is 0 Å². The molecule has 8 heavy (non-hydrogen) atoms. The highest BCUT2D eigenvalue weighted by Crippen LogP contribution is 2.14. The van der Waals surface area contributed by atoms with Gasteiger partial charge in [-0.2, -0.15) is 0 Å². The second-order valence-electron chi connectivity index (χ2n) is 2.22. The van der Waals surface area contributed by atoms with Gasteiger partial charge in [0, 0.05) is 13.2 Å². The molecule has 2 heteroatoms. The number of rotatable bonds is 2. The van der Waals surface area contributed by atoms with Gasteiger partial charge in [0.05, 0.1) is 6.61 Å². The first-order valence-corrected chi connectivity index (χ1v) is 3.09. The van der Waals surface area contributed by atoms with E-state index in [0.717, 1.165) is 26.1 Å². The molecule has 1 rings (SSSR count). The second-order valence-corrected chi connectivity index (χ2v) is 2.22. The monoisotopic (exact) mass is 115 g/mol. The molecule has 1 aliphatic rings. The van der Waals surface area contributed by atoms with E-state index in [1.165, 1.54) is 0 Å². The van der Waals surface area contributed by atoms with Crippen LogP contribution in [0.1, 0.15) is 12.8 Å². The van der Waals surface area contributed by atoms with Crippen molar-refractivity contribution in [1.82, 2.24) is 0 Å². The Morgan fingerprint density at radius 1 is 1.62 bits per heavy atom. The Labute approximate surface area is 49.5 Å². The van der Waals surface area contributed by atoms with E-state index in [1.54, 1.807) is 0 Å². The first kappa shape index (κ1) is 6.05. The molecule has 1 unspecified atom stereocenters. The van der Waals surface area contributed by atoms with Crippen molar-refractivity contribution in [3.63, 3.8) is 0 Å². The van der Waals surface area contributed by atoms with Crippen LogP contribution in [0.5, 0.6) is 0 Å². The fraction of sp³-hybridized carbons (Fsp3) is 1.00. The average Bonchev–Trinajstić information content (AvgIpc) is 2.19. The molecule has 2 nitrogen and oxygen atoms in total. The van der Waals surface area contributed by atoms with Crippen LogP contribution in [-0.4, -0.2) is 19.8 Å². The van der Waals surface area contributed by atoms with E-state index in [1.807, 2.05) is 0 Å².